The molecule has 0 spiro atoms. The molecule has 2 N–H and O–H groups in total. The first-order valence-corrected chi connectivity index (χ1v) is 8.00. The molecular weight excluding hydrogens is 402 g/mol. The molecule has 5 nitrogen and oxygen atoms in total. The van der Waals surface area contributed by atoms with Gasteiger partial charge in [-0.15, -0.1) is 0 Å². The van der Waals surface area contributed by atoms with Crippen LogP contribution in [0.15, 0.2) is 44.2 Å². The van der Waals surface area contributed by atoms with E-state index in [1.807, 2.05) is 31.2 Å². The Bertz CT molecular complexity index is 688. The van der Waals surface area contributed by atoms with Crippen molar-refractivity contribution in [3.8, 4) is 0 Å². The summed E-state index contributed by atoms with van der Waals surface area (Å²) in [5, 5.41) is 16.2. The lowest BCUT2D eigenvalue weighted by molar-refractivity contribution is 0.266. The van der Waals surface area contributed by atoms with Crippen molar-refractivity contribution >= 4 is 37.5 Å². The highest BCUT2D eigenvalue weighted by atomic mass is 79.9. The summed E-state index contributed by atoms with van der Waals surface area (Å²) in [7, 11) is 0. The van der Waals surface area contributed by atoms with Gasteiger partial charge in [-0.25, -0.2) is 4.68 Å². The second-order valence-corrected chi connectivity index (χ2v) is 6.25. The molecule has 0 aliphatic rings. The van der Waals surface area contributed by atoms with Crippen molar-refractivity contribution in [2.45, 2.75) is 19.5 Å². The Labute approximate surface area is 139 Å². The third-order valence-electron chi connectivity index (χ3n) is 3.02. The fourth-order valence-corrected chi connectivity index (χ4v) is 2.75. The zero-order valence-corrected chi connectivity index (χ0v) is 14.6. The van der Waals surface area contributed by atoms with E-state index < -0.39 is 0 Å². The van der Waals surface area contributed by atoms with Gasteiger partial charge in [0.15, 0.2) is 0 Å². The number of benzene rings is 1. The van der Waals surface area contributed by atoms with Crippen LogP contribution in [0.25, 0.3) is 0 Å². The van der Waals surface area contributed by atoms with Crippen molar-refractivity contribution in [1.82, 2.24) is 9.78 Å². The molecule has 0 aliphatic heterocycles. The summed E-state index contributed by atoms with van der Waals surface area (Å²) in [5.41, 5.74) is 1.45. The van der Waals surface area contributed by atoms with E-state index in [0.717, 1.165) is 10.0 Å². The van der Waals surface area contributed by atoms with Crippen LogP contribution in [0.1, 0.15) is 18.5 Å². The van der Waals surface area contributed by atoms with Gasteiger partial charge >= 0.3 is 0 Å². The molecule has 0 saturated carbocycles. The fraction of sp³-hybridized carbons (Fsp3) is 0.286. The maximum Gasteiger partial charge on any atom is 0.283 e. The van der Waals surface area contributed by atoms with Crippen molar-refractivity contribution in [2.75, 3.05) is 11.9 Å². The summed E-state index contributed by atoms with van der Waals surface area (Å²) >= 11 is 6.73. The Morgan fingerprint density at radius 1 is 1.43 bits per heavy atom. The minimum atomic E-state index is -0.268. The Balaban J connectivity index is 2.24. The number of hydrogen-bond donors (Lipinski definition) is 2. The van der Waals surface area contributed by atoms with Crippen LogP contribution >= 0.6 is 31.9 Å². The van der Waals surface area contributed by atoms with Gasteiger partial charge in [-0.05, 0) is 40.5 Å². The molecule has 21 heavy (non-hydrogen) atoms. The van der Waals surface area contributed by atoms with Crippen molar-refractivity contribution in [3.05, 3.63) is 55.3 Å². The summed E-state index contributed by atoms with van der Waals surface area (Å²) in [6.45, 7) is 2.06. The SMILES string of the molecule is CC(Nc1cnn(CCO)c(=O)c1Br)c1cccc(Br)c1. The highest BCUT2D eigenvalue weighted by molar-refractivity contribution is 9.10. The number of nitrogens with one attached hydrogen (secondary N) is 1. The number of aromatic nitrogens is 2. The molecule has 1 aromatic heterocycles. The highest BCUT2D eigenvalue weighted by Crippen LogP contribution is 2.24. The van der Waals surface area contributed by atoms with E-state index in [9.17, 15) is 4.79 Å². The molecule has 1 unspecified atom stereocenters. The van der Waals surface area contributed by atoms with Crippen LogP contribution in [0.4, 0.5) is 5.69 Å². The van der Waals surface area contributed by atoms with Crippen LogP contribution in [-0.4, -0.2) is 21.5 Å². The van der Waals surface area contributed by atoms with Crippen LogP contribution < -0.4 is 10.9 Å². The average molecular weight is 417 g/mol. The zero-order valence-electron chi connectivity index (χ0n) is 11.4. The number of nitrogens with zero attached hydrogens (tertiary/aromatic N) is 2. The summed E-state index contributed by atoms with van der Waals surface area (Å²) in [5.74, 6) is 0. The third kappa shape index (κ3) is 3.93. The second kappa shape index (κ2) is 7.20. The minimum Gasteiger partial charge on any atom is -0.394 e. The lowest BCUT2D eigenvalue weighted by atomic mass is 10.1. The van der Waals surface area contributed by atoms with Gasteiger partial charge in [0.2, 0.25) is 0 Å². The van der Waals surface area contributed by atoms with Gasteiger partial charge in [0.05, 0.1) is 25.0 Å². The molecule has 2 aromatic rings. The van der Waals surface area contributed by atoms with Crippen molar-refractivity contribution in [2.24, 2.45) is 0 Å². The van der Waals surface area contributed by atoms with Gasteiger partial charge in [0.1, 0.15) is 4.47 Å². The molecule has 0 saturated heterocycles. The van der Waals surface area contributed by atoms with E-state index in [4.69, 9.17) is 5.11 Å². The number of hydrogen-bond acceptors (Lipinski definition) is 4. The highest BCUT2D eigenvalue weighted by Gasteiger charge is 2.12. The van der Waals surface area contributed by atoms with Crippen LogP contribution in [0.2, 0.25) is 0 Å². The molecule has 1 heterocycles. The number of halogens is 2. The molecule has 1 aromatic carbocycles. The molecule has 2 rings (SSSR count). The number of aliphatic hydroxyl groups is 1. The van der Waals surface area contributed by atoms with Crippen LogP contribution in [0.3, 0.4) is 0 Å². The first kappa shape index (κ1) is 16.2. The van der Waals surface area contributed by atoms with E-state index in [1.54, 1.807) is 6.20 Å². The molecule has 0 amide bonds. The molecule has 0 aliphatic carbocycles. The van der Waals surface area contributed by atoms with Crippen molar-refractivity contribution < 1.29 is 5.11 Å². The molecular formula is C14H15Br2N3O2. The third-order valence-corrected chi connectivity index (χ3v) is 4.28. The smallest absolute Gasteiger partial charge is 0.283 e. The standard InChI is InChI=1S/C14H15Br2N3O2/c1-9(10-3-2-4-11(15)7-10)18-12-8-17-19(5-6-20)14(21)13(12)16/h2-4,7-9,18,20H,5-6H2,1H3. The van der Waals surface area contributed by atoms with Gasteiger partial charge in [-0.2, -0.15) is 5.10 Å². The van der Waals surface area contributed by atoms with Crippen LogP contribution in [-0.2, 0) is 6.54 Å². The predicted octanol–water partition coefficient (Wildman–Crippen LogP) is 2.93. The van der Waals surface area contributed by atoms with E-state index in [2.05, 4.69) is 42.3 Å². The average Bonchev–Trinajstić information content (AvgIpc) is 2.47. The van der Waals surface area contributed by atoms with Gasteiger partial charge in [0, 0.05) is 10.5 Å². The fourth-order valence-electron chi connectivity index (χ4n) is 1.91. The van der Waals surface area contributed by atoms with E-state index in [-0.39, 0.29) is 24.8 Å². The predicted molar refractivity (Wildman–Crippen MR) is 89.5 cm³/mol. The largest absolute Gasteiger partial charge is 0.394 e. The van der Waals surface area contributed by atoms with Gasteiger partial charge < -0.3 is 10.4 Å². The topological polar surface area (TPSA) is 67.2 Å². The van der Waals surface area contributed by atoms with Crippen LogP contribution in [0.5, 0.6) is 0 Å². The second-order valence-electron chi connectivity index (χ2n) is 4.55. The maximum absolute atomic E-state index is 12.0. The van der Waals surface area contributed by atoms with Crippen LogP contribution in [0, 0.1) is 0 Å². The summed E-state index contributed by atoms with van der Waals surface area (Å²) in [6, 6.07) is 7.98. The summed E-state index contributed by atoms with van der Waals surface area (Å²) in [6.07, 6.45) is 1.58. The summed E-state index contributed by atoms with van der Waals surface area (Å²) in [4.78, 5) is 12.0. The Morgan fingerprint density at radius 2 is 2.19 bits per heavy atom. The van der Waals surface area contributed by atoms with E-state index in [0.29, 0.717) is 10.2 Å². The lowest BCUT2D eigenvalue weighted by Gasteiger charge is -2.17. The van der Waals surface area contributed by atoms with E-state index >= 15 is 0 Å². The van der Waals surface area contributed by atoms with Crippen molar-refractivity contribution in [1.29, 1.82) is 0 Å². The molecule has 0 radical (unpaired) electrons. The Kier molecular flexibility index (Phi) is 5.55. The minimum absolute atomic E-state index is 0.0219. The molecule has 0 fully saturated rings. The maximum atomic E-state index is 12.0. The monoisotopic (exact) mass is 415 g/mol. The number of anilines is 1. The first-order chi connectivity index (χ1) is 10.0. The lowest BCUT2D eigenvalue weighted by Crippen LogP contribution is -2.26. The normalized spacial score (nSPS) is 12.2. The van der Waals surface area contributed by atoms with Gasteiger partial charge in [0.25, 0.3) is 5.56 Å². The molecule has 112 valence electrons. The Morgan fingerprint density at radius 3 is 2.86 bits per heavy atom. The van der Waals surface area contributed by atoms with E-state index in [1.165, 1.54) is 4.68 Å². The summed E-state index contributed by atoms with van der Waals surface area (Å²) < 4.78 is 2.64. The van der Waals surface area contributed by atoms with Gasteiger partial charge in [-0.1, -0.05) is 28.1 Å². The molecule has 0 bridgehead atoms. The first-order valence-electron chi connectivity index (χ1n) is 6.41. The number of rotatable bonds is 5. The quantitative estimate of drug-likeness (QED) is 0.786. The zero-order chi connectivity index (χ0) is 15.4. The van der Waals surface area contributed by atoms with Gasteiger partial charge in [-0.3, -0.25) is 4.79 Å². The molecule has 1 atom stereocenters. The van der Waals surface area contributed by atoms with Crippen molar-refractivity contribution in [3.63, 3.8) is 0 Å². The number of aliphatic hydroxyl groups excluding tert-OH is 1. The molecule has 7 heteroatoms. The Hall–Kier alpha value is -1.18.